The van der Waals surface area contributed by atoms with Crippen molar-refractivity contribution in [3.63, 3.8) is 0 Å². The standard InChI is InChI=1S/C44H26N4O.2C42H26N4O/c1-2-10-31(11-3-1)44-45-38-23-22-30-18-16-29-17-21-36(26-37(29)39(30)40(38)49-44)43-47-41(34-19-14-27-8-4-6-12-32(27)24-34)46-42(48-43)35-20-15-28-9-5-7-13-33(28)25-35;1-4-11-27(12-5-1)32-17-10-18-33(25-32)40-44-39(30-13-6-2-7-14-30)45-41(46-40)34-22-20-28-19-21-29-23-24-36-38(37(29)35(28)26-34)47-42(43-36)31-15-8-3-9-16-31;1-4-10-30(11-5-1)39-44-40(31-12-6-2-7-13-31)46-41(45-39)32-21-16-27(17-22-32)34-23-19-28-18-20-29-24-25-36-38(37(29)35(28)26-34)47-42(43-36)33-14-8-3-9-15-33/h1-26H;2*1-26H. The molecule has 0 amide bonds. The van der Waals surface area contributed by atoms with E-state index in [1.165, 1.54) is 10.8 Å². The average molecular weight is 1830 g/mol. The van der Waals surface area contributed by atoms with Crippen molar-refractivity contribution in [3.8, 4) is 159 Å². The van der Waals surface area contributed by atoms with Crippen LogP contribution in [-0.2, 0) is 0 Å². The molecule has 668 valence electrons. The highest BCUT2D eigenvalue weighted by molar-refractivity contribution is 6.21. The second-order valence-electron chi connectivity index (χ2n) is 35.4. The smallest absolute Gasteiger partial charge is 0.227 e. The number of fused-ring (bicyclic) bond motifs is 17. The van der Waals surface area contributed by atoms with Gasteiger partial charge in [-0.25, -0.2) is 59.8 Å². The third-order valence-electron chi connectivity index (χ3n) is 26.4. The third kappa shape index (κ3) is 16.3. The first kappa shape index (κ1) is 83.9. The Hall–Kier alpha value is -19.6. The summed E-state index contributed by atoms with van der Waals surface area (Å²) in [5.74, 6) is 7.47. The number of nitrogens with zero attached hydrogens (tertiary/aromatic N) is 12. The van der Waals surface area contributed by atoms with Crippen LogP contribution in [0.4, 0.5) is 0 Å². The first-order chi connectivity index (χ1) is 70.8. The SMILES string of the molecule is c1ccc(-c2cccc(-c3nc(-c4ccccc4)nc(-c4ccc5ccc6ccc7nc(-c8ccccc8)oc7c6c5c4)n3)c2)cc1.c1ccc(-c2nc(-c3ccccc3)nc(-c3ccc(-c4ccc5ccc6ccc7nc(-c8ccccc8)oc7c6c5c4)cc3)n2)cc1.c1ccc(-c2nc3ccc4ccc5ccc(-c6nc(-c7ccc8ccccc8c7)nc(-c7ccc8ccccc8c7)n6)cc5c4c3o2)cc1. The number of oxazole rings is 3. The molecular formula is C128H78N12O3. The second-order valence-corrected chi connectivity index (χ2v) is 35.4. The summed E-state index contributed by atoms with van der Waals surface area (Å²) in [7, 11) is 0. The van der Waals surface area contributed by atoms with E-state index in [1.54, 1.807) is 0 Å². The van der Waals surface area contributed by atoms with Gasteiger partial charge in [-0.1, -0.05) is 382 Å². The first-order valence-electron chi connectivity index (χ1n) is 47.4. The van der Waals surface area contributed by atoms with Crippen molar-refractivity contribution in [2.75, 3.05) is 0 Å². The fourth-order valence-electron chi connectivity index (χ4n) is 19.1. The number of hydrogen-bond acceptors (Lipinski definition) is 15. The molecule has 15 heteroatoms. The van der Waals surface area contributed by atoms with Crippen molar-refractivity contribution in [2.45, 2.75) is 0 Å². The molecule has 22 aromatic carbocycles. The normalized spacial score (nSPS) is 11.5. The largest absolute Gasteiger partial charge is 0.435 e. The fraction of sp³-hybridized carbons (Fsp3) is 0. The van der Waals surface area contributed by atoms with Crippen molar-refractivity contribution >= 4 is 119 Å². The summed E-state index contributed by atoms with van der Waals surface area (Å²) >= 11 is 0. The van der Waals surface area contributed by atoms with Crippen LogP contribution in [-0.4, -0.2) is 59.8 Å². The van der Waals surface area contributed by atoms with Gasteiger partial charge in [0, 0.05) is 82.9 Å². The molecule has 0 aliphatic heterocycles. The molecule has 28 rings (SSSR count). The summed E-state index contributed by atoms with van der Waals surface area (Å²) in [4.78, 5) is 59.4. The molecule has 0 unspecified atom stereocenters. The van der Waals surface area contributed by atoms with Gasteiger partial charge in [-0.3, -0.25) is 0 Å². The van der Waals surface area contributed by atoms with Gasteiger partial charge < -0.3 is 13.3 Å². The predicted octanol–water partition coefficient (Wildman–Crippen LogP) is 32.6. The maximum atomic E-state index is 6.49. The maximum Gasteiger partial charge on any atom is 0.227 e. The van der Waals surface area contributed by atoms with Gasteiger partial charge in [0.2, 0.25) is 17.7 Å². The van der Waals surface area contributed by atoms with E-state index in [0.717, 1.165) is 198 Å². The number of benzene rings is 22. The zero-order chi connectivity index (χ0) is 94.6. The van der Waals surface area contributed by atoms with E-state index in [1.807, 2.05) is 206 Å². The summed E-state index contributed by atoms with van der Waals surface area (Å²) in [6, 6.07) is 161. The Morgan fingerprint density at radius 3 is 0.664 bits per heavy atom. The third-order valence-corrected chi connectivity index (χ3v) is 26.4. The summed E-state index contributed by atoms with van der Waals surface area (Å²) in [5, 5.41) is 17.6. The summed E-state index contributed by atoms with van der Waals surface area (Å²) in [5.41, 5.74) is 20.5. The van der Waals surface area contributed by atoms with Gasteiger partial charge in [0.1, 0.15) is 16.6 Å². The number of hydrogen-bond donors (Lipinski definition) is 0. The predicted molar refractivity (Wildman–Crippen MR) is 578 cm³/mol. The van der Waals surface area contributed by atoms with Crippen LogP contribution < -0.4 is 0 Å². The van der Waals surface area contributed by atoms with Crippen LogP contribution in [0.3, 0.4) is 0 Å². The quantitative estimate of drug-likeness (QED) is 0.0932. The Morgan fingerprint density at radius 1 is 0.119 bits per heavy atom. The minimum atomic E-state index is 0.604. The molecule has 6 heterocycles. The Kier molecular flexibility index (Phi) is 21.2. The minimum Gasteiger partial charge on any atom is -0.435 e. The Balaban J connectivity index is 0.000000110. The first-order valence-corrected chi connectivity index (χ1v) is 47.4. The monoisotopic (exact) mass is 1830 g/mol. The van der Waals surface area contributed by atoms with E-state index in [0.29, 0.717) is 70.1 Å². The minimum absolute atomic E-state index is 0.604. The highest BCUT2D eigenvalue weighted by Crippen LogP contribution is 2.44. The molecule has 0 spiro atoms. The van der Waals surface area contributed by atoms with Crippen LogP contribution in [0.5, 0.6) is 0 Å². The van der Waals surface area contributed by atoms with Crippen molar-refractivity contribution in [2.24, 2.45) is 0 Å². The van der Waals surface area contributed by atoms with E-state index in [9.17, 15) is 0 Å². The van der Waals surface area contributed by atoms with Gasteiger partial charge in [0.05, 0.1) is 0 Å². The topological polar surface area (TPSA) is 194 Å². The van der Waals surface area contributed by atoms with E-state index in [4.69, 9.17) is 73.1 Å². The molecule has 0 radical (unpaired) electrons. The lowest BCUT2D eigenvalue weighted by atomic mass is 9.96. The molecule has 0 aliphatic rings. The maximum absolute atomic E-state index is 6.49. The van der Waals surface area contributed by atoms with E-state index < -0.39 is 0 Å². The van der Waals surface area contributed by atoms with Crippen molar-refractivity contribution in [1.29, 1.82) is 0 Å². The molecule has 15 nitrogen and oxygen atoms in total. The lowest BCUT2D eigenvalue weighted by Crippen LogP contribution is -2.00. The highest BCUT2D eigenvalue weighted by atomic mass is 16.4. The van der Waals surface area contributed by atoms with Crippen LogP contribution in [0.15, 0.2) is 486 Å². The average Bonchev–Trinajstić information content (AvgIpc) is 1.67. The molecule has 6 aromatic heterocycles. The van der Waals surface area contributed by atoms with Crippen LogP contribution in [0.1, 0.15) is 0 Å². The molecule has 0 atom stereocenters. The Labute approximate surface area is 819 Å². The lowest BCUT2D eigenvalue weighted by Gasteiger charge is -2.11. The van der Waals surface area contributed by atoms with Gasteiger partial charge in [-0.05, 0) is 183 Å². The van der Waals surface area contributed by atoms with Gasteiger partial charge in [0.15, 0.2) is 69.2 Å². The van der Waals surface area contributed by atoms with Gasteiger partial charge >= 0.3 is 0 Å². The van der Waals surface area contributed by atoms with Crippen molar-refractivity contribution < 1.29 is 13.3 Å². The van der Waals surface area contributed by atoms with Gasteiger partial charge in [-0.2, -0.15) is 0 Å². The molecule has 28 aromatic rings. The van der Waals surface area contributed by atoms with E-state index >= 15 is 0 Å². The van der Waals surface area contributed by atoms with Crippen LogP contribution in [0, 0.1) is 0 Å². The fourth-order valence-corrected chi connectivity index (χ4v) is 19.1. The number of aromatic nitrogens is 12. The van der Waals surface area contributed by atoms with Gasteiger partial charge in [-0.15, -0.1) is 0 Å². The molecule has 0 aliphatic carbocycles. The number of rotatable bonds is 14. The van der Waals surface area contributed by atoms with Gasteiger partial charge in [0.25, 0.3) is 0 Å². The van der Waals surface area contributed by atoms with Crippen LogP contribution >= 0.6 is 0 Å². The Morgan fingerprint density at radius 2 is 0.322 bits per heavy atom. The molecule has 0 bridgehead atoms. The van der Waals surface area contributed by atoms with Crippen molar-refractivity contribution in [1.82, 2.24) is 59.8 Å². The molecular weight excluding hydrogens is 1750 g/mol. The molecule has 0 saturated carbocycles. The summed E-state index contributed by atoms with van der Waals surface area (Å²) in [6.07, 6.45) is 0. The molecule has 0 fully saturated rings. The molecule has 0 saturated heterocycles. The van der Waals surface area contributed by atoms with Crippen LogP contribution in [0.25, 0.3) is 279 Å². The summed E-state index contributed by atoms with van der Waals surface area (Å²) < 4.78 is 19.4. The summed E-state index contributed by atoms with van der Waals surface area (Å²) in [6.45, 7) is 0. The van der Waals surface area contributed by atoms with E-state index in [-0.39, 0.29) is 0 Å². The zero-order valence-electron chi connectivity index (χ0n) is 76.6. The zero-order valence-corrected chi connectivity index (χ0v) is 76.6. The van der Waals surface area contributed by atoms with Crippen LogP contribution in [0.2, 0.25) is 0 Å². The molecule has 0 N–H and O–H groups in total. The second kappa shape index (κ2) is 36.1. The van der Waals surface area contributed by atoms with Crippen molar-refractivity contribution in [3.05, 3.63) is 473 Å². The molecule has 143 heavy (non-hydrogen) atoms. The lowest BCUT2D eigenvalue weighted by molar-refractivity contribution is 0.623. The van der Waals surface area contributed by atoms with E-state index in [2.05, 4.69) is 267 Å². The highest BCUT2D eigenvalue weighted by Gasteiger charge is 2.24. The Bertz CT molecular complexity index is 9630.